The van der Waals surface area contributed by atoms with Crippen molar-refractivity contribution in [3.05, 3.63) is 47.0 Å². The smallest absolute Gasteiger partial charge is 0.313 e. The fourth-order valence-electron chi connectivity index (χ4n) is 3.31. The minimum absolute atomic E-state index is 0.0115. The van der Waals surface area contributed by atoms with Gasteiger partial charge in [-0.05, 0) is 37.8 Å². The molecule has 25 heavy (non-hydrogen) atoms. The number of hydrogen-bond acceptors (Lipinski definition) is 3. The molecule has 0 saturated heterocycles. The fraction of sp³-hybridized carbons (Fsp3) is 0.389. The van der Waals surface area contributed by atoms with Crippen molar-refractivity contribution in [2.75, 3.05) is 12.4 Å². The summed E-state index contributed by atoms with van der Waals surface area (Å²) < 4.78 is 15.8. The maximum atomic E-state index is 14.0. The van der Waals surface area contributed by atoms with Crippen LogP contribution in [-0.4, -0.2) is 33.5 Å². The lowest BCUT2D eigenvalue weighted by atomic mass is 9.92. The van der Waals surface area contributed by atoms with E-state index < -0.39 is 17.6 Å². The van der Waals surface area contributed by atoms with Crippen LogP contribution in [0.15, 0.2) is 24.4 Å². The van der Waals surface area contributed by atoms with E-state index in [1.165, 1.54) is 11.0 Å². The molecule has 1 aromatic heterocycles. The second-order valence-corrected chi connectivity index (χ2v) is 6.38. The van der Waals surface area contributed by atoms with E-state index in [1.807, 2.05) is 11.7 Å². The largest absolute Gasteiger partial charge is 0.330 e. The molecule has 3 rings (SSSR count). The third-order valence-corrected chi connectivity index (χ3v) is 4.77. The van der Waals surface area contributed by atoms with E-state index in [4.69, 9.17) is 0 Å². The molecule has 0 bridgehead atoms. The molecular formula is C18H21FN4O2. The molecule has 0 spiro atoms. The first kappa shape index (κ1) is 17.1. The Morgan fingerprint density at radius 2 is 2.16 bits per heavy atom. The molecule has 0 aliphatic heterocycles. The van der Waals surface area contributed by atoms with E-state index in [2.05, 4.69) is 10.4 Å². The zero-order valence-electron chi connectivity index (χ0n) is 14.5. The van der Waals surface area contributed by atoms with Crippen LogP contribution in [0.5, 0.6) is 0 Å². The molecule has 0 saturated carbocycles. The van der Waals surface area contributed by atoms with Gasteiger partial charge in [-0.25, -0.2) is 4.39 Å². The van der Waals surface area contributed by atoms with E-state index in [-0.39, 0.29) is 11.7 Å². The standard InChI is InChI=1S/C18H21FN4O2/c1-11-6-4-7-13(16(11)19)21-17(24)18(25)22(2)14-8-5-9-15-12(14)10-20-23(15)3/h4,6-7,10,14H,5,8-9H2,1-3H3,(H,21,24)/t14-/m0/s1. The average Bonchev–Trinajstić information content (AvgIpc) is 2.99. The van der Waals surface area contributed by atoms with Crippen molar-refractivity contribution in [1.82, 2.24) is 14.7 Å². The first-order chi connectivity index (χ1) is 11.9. The summed E-state index contributed by atoms with van der Waals surface area (Å²) in [5.74, 6) is -2.07. The molecule has 0 unspecified atom stereocenters. The quantitative estimate of drug-likeness (QED) is 0.851. The zero-order chi connectivity index (χ0) is 18.1. The number of carbonyl (C=O) groups is 2. The van der Waals surface area contributed by atoms with Crippen LogP contribution >= 0.6 is 0 Å². The summed E-state index contributed by atoms with van der Waals surface area (Å²) in [7, 11) is 3.47. The molecule has 1 N–H and O–H groups in total. The molecular weight excluding hydrogens is 323 g/mol. The minimum Gasteiger partial charge on any atom is -0.330 e. The number of aryl methyl sites for hydroxylation is 2. The Balaban J connectivity index is 1.76. The van der Waals surface area contributed by atoms with E-state index in [9.17, 15) is 14.0 Å². The van der Waals surface area contributed by atoms with Crippen LogP contribution < -0.4 is 5.32 Å². The molecule has 2 amide bonds. The van der Waals surface area contributed by atoms with Crippen molar-refractivity contribution in [2.45, 2.75) is 32.2 Å². The van der Waals surface area contributed by atoms with Crippen LogP contribution in [0.2, 0.25) is 0 Å². The Bertz CT molecular complexity index is 830. The number of nitrogens with one attached hydrogen (secondary N) is 1. The molecule has 1 atom stereocenters. The molecule has 0 fully saturated rings. The molecule has 2 aromatic rings. The van der Waals surface area contributed by atoms with Crippen molar-refractivity contribution in [3.63, 3.8) is 0 Å². The van der Waals surface area contributed by atoms with Crippen LogP contribution in [0.4, 0.5) is 10.1 Å². The van der Waals surface area contributed by atoms with E-state index >= 15 is 0 Å². The van der Waals surface area contributed by atoms with Gasteiger partial charge < -0.3 is 10.2 Å². The number of carbonyl (C=O) groups excluding carboxylic acids is 2. The number of aromatic nitrogens is 2. The Morgan fingerprint density at radius 1 is 1.40 bits per heavy atom. The maximum absolute atomic E-state index is 14.0. The fourth-order valence-corrected chi connectivity index (χ4v) is 3.31. The number of fused-ring (bicyclic) bond motifs is 1. The first-order valence-electron chi connectivity index (χ1n) is 8.24. The second-order valence-electron chi connectivity index (χ2n) is 6.38. The van der Waals surface area contributed by atoms with Crippen LogP contribution in [0.3, 0.4) is 0 Å². The molecule has 132 valence electrons. The lowest BCUT2D eigenvalue weighted by Gasteiger charge is -2.31. The van der Waals surface area contributed by atoms with Gasteiger partial charge in [-0.3, -0.25) is 14.3 Å². The molecule has 7 heteroatoms. The minimum atomic E-state index is -0.844. The average molecular weight is 344 g/mol. The number of amides is 2. The highest BCUT2D eigenvalue weighted by Gasteiger charge is 2.32. The molecule has 1 aromatic carbocycles. The zero-order valence-corrected chi connectivity index (χ0v) is 14.5. The van der Waals surface area contributed by atoms with Gasteiger partial charge in [-0.15, -0.1) is 0 Å². The SMILES string of the molecule is Cc1cccc(NC(=O)C(=O)N(C)[C@H]2CCCc3c2cnn3C)c1F. The van der Waals surface area contributed by atoms with Gasteiger partial charge >= 0.3 is 11.8 Å². The molecule has 0 radical (unpaired) electrons. The summed E-state index contributed by atoms with van der Waals surface area (Å²) in [6.45, 7) is 1.60. The number of nitrogens with zero attached hydrogens (tertiary/aromatic N) is 3. The van der Waals surface area contributed by atoms with Crippen LogP contribution in [-0.2, 0) is 23.1 Å². The Labute approximate surface area is 145 Å². The Morgan fingerprint density at radius 3 is 2.92 bits per heavy atom. The summed E-state index contributed by atoms with van der Waals surface area (Å²) in [4.78, 5) is 26.2. The highest BCUT2D eigenvalue weighted by atomic mass is 19.1. The third kappa shape index (κ3) is 3.14. The Hall–Kier alpha value is -2.70. The number of benzene rings is 1. The monoisotopic (exact) mass is 344 g/mol. The predicted octanol–water partition coefficient (Wildman–Crippen LogP) is 2.34. The van der Waals surface area contributed by atoms with Crippen molar-refractivity contribution in [1.29, 1.82) is 0 Å². The highest BCUT2D eigenvalue weighted by molar-refractivity contribution is 6.39. The first-order valence-corrected chi connectivity index (χ1v) is 8.24. The summed E-state index contributed by atoms with van der Waals surface area (Å²) in [6.07, 6.45) is 4.35. The van der Waals surface area contributed by atoms with Crippen LogP contribution in [0, 0.1) is 12.7 Å². The number of hydrogen-bond donors (Lipinski definition) is 1. The molecule has 1 aliphatic rings. The van der Waals surface area contributed by atoms with Gasteiger partial charge in [0.25, 0.3) is 0 Å². The lowest BCUT2D eigenvalue weighted by Crippen LogP contribution is -2.40. The van der Waals surface area contributed by atoms with Crippen molar-refractivity contribution in [3.8, 4) is 0 Å². The lowest BCUT2D eigenvalue weighted by molar-refractivity contribution is -0.144. The van der Waals surface area contributed by atoms with Gasteiger partial charge in [0.15, 0.2) is 0 Å². The van der Waals surface area contributed by atoms with Crippen molar-refractivity contribution < 1.29 is 14.0 Å². The number of rotatable bonds is 2. The molecule has 1 aliphatic carbocycles. The van der Waals surface area contributed by atoms with Crippen LogP contribution in [0.1, 0.15) is 35.7 Å². The number of anilines is 1. The van der Waals surface area contributed by atoms with Gasteiger partial charge in [-0.2, -0.15) is 5.10 Å². The van der Waals surface area contributed by atoms with Gasteiger partial charge in [-0.1, -0.05) is 12.1 Å². The maximum Gasteiger partial charge on any atom is 0.313 e. The predicted molar refractivity (Wildman–Crippen MR) is 91.4 cm³/mol. The van der Waals surface area contributed by atoms with Gasteiger partial charge in [0.1, 0.15) is 5.82 Å². The third-order valence-electron chi connectivity index (χ3n) is 4.77. The van der Waals surface area contributed by atoms with E-state index in [1.54, 1.807) is 32.3 Å². The summed E-state index contributed by atoms with van der Waals surface area (Å²) >= 11 is 0. The number of likely N-dealkylation sites (N-methyl/N-ethyl adjacent to an activating group) is 1. The summed E-state index contributed by atoms with van der Waals surface area (Å²) in [5.41, 5.74) is 2.48. The Kier molecular flexibility index (Phi) is 4.57. The second kappa shape index (κ2) is 6.66. The topological polar surface area (TPSA) is 67.2 Å². The van der Waals surface area contributed by atoms with E-state index in [0.29, 0.717) is 5.56 Å². The normalized spacial score (nSPS) is 16.2. The number of halogens is 1. The van der Waals surface area contributed by atoms with Crippen molar-refractivity contribution >= 4 is 17.5 Å². The summed E-state index contributed by atoms with van der Waals surface area (Å²) in [6, 6.07) is 4.47. The van der Waals surface area contributed by atoms with Crippen molar-refractivity contribution in [2.24, 2.45) is 7.05 Å². The molecule has 6 nitrogen and oxygen atoms in total. The molecule has 1 heterocycles. The van der Waals surface area contributed by atoms with Crippen LogP contribution in [0.25, 0.3) is 0 Å². The van der Waals surface area contributed by atoms with Gasteiger partial charge in [0, 0.05) is 25.4 Å². The van der Waals surface area contributed by atoms with E-state index in [0.717, 1.165) is 30.5 Å². The van der Waals surface area contributed by atoms with Gasteiger partial charge in [0.05, 0.1) is 17.9 Å². The summed E-state index contributed by atoms with van der Waals surface area (Å²) in [5, 5.41) is 6.63. The highest BCUT2D eigenvalue weighted by Crippen LogP contribution is 2.33. The van der Waals surface area contributed by atoms with Gasteiger partial charge in [0.2, 0.25) is 0 Å².